The number of hydrogen-bond acceptors (Lipinski definition) is 4. The molecule has 0 aromatic heterocycles. The van der Waals surface area contributed by atoms with Crippen molar-refractivity contribution in [2.45, 2.75) is 30.7 Å². The Labute approximate surface area is 324 Å². The quantitative estimate of drug-likeness (QED) is 0.131. The first kappa shape index (κ1) is 38.7. The lowest BCUT2D eigenvalue weighted by Gasteiger charge is -2.15. The zero-order chi connectivity index (χ0) is 42.6. The van der Waals surface area contributed by atoms with E-state index in [1.54, 1.807) is 24.3 Å². The Morgan fingerprint density at radius 1 is 0.407 bits per heavy atom. The predicted octanol–water partition coefficient (Wildman–Crippen LogP) is 12.7. The van der Waals surface area contributed by atoms with Gasteiger partial charge in [0.25, 0.3) is 0 Å². The highest BCUT2D eigenvalue weighted by molar-refractivity contribution is 6.12. The van der Waals surface area contributed by atoms with Crippen LogP contribution in [0.3, 0.4) is 0 Å². The van der Waals surface area contributed by atoms with E-state index < -0.39 is 69.7 Å². The van der Waals surface area contributed by atoms with E-state index >= 15 is 0 Å². The molecule has 3 aliphatic rings. The van der Waals surface area contributed by atoms with E-state index in [9.17, 15) is 68.5 Å². The van der Waals surface area contributed by atoms with Crippen LogP contribution in [0.15, 0.2) is 101 Å². The molecule has 1 atom stereocenters. The molecule has 0 amide bonds. The Kier molecular flexibility index (Phi) is 8.50. The van der Waals surface area contributed by atoms with Crippen molar-refractivity contribution in [1.29, 1.82) is 15.8 Å². The fourth-order valence-corrected chi connectivity index (χ4v) is 7.48. The summed E-state index contributed by atoms with van der Waals surface area (Å²) in [7, 11) is 0. The summed E-state index contributed by atoms with van der Waals surface area (Å²) in [5.41, 5.74) is -4.95. The molecule has 0 saturated carbocycles. The smallest absolute Gasteiger partial charge is 0.280 e. The van der Waals surface area contributed by atoms with Crippen LogP contribution in [0, 0.1) is 34.0 Å². The number of aliphatic imine (C=N–C) groups is 1. The van der Waals surface area contributed by atoms with Gasteiger partial charge >= 0.3 is 24.7 Å². The summed E-state index contributed by atoms with van der Waals surface area (Å²) in [5, 5.41) is 30.4. The topological polar surface area (TPSA) is 83.7 Å². The second kappa shape index (κ2) is 12.9. The summed E-state index contributed by atoms with van der Waals surface area (Å²) >= 11 is 0. The lowest BCUT2D eigenvalue weighted by Crippen LogP contribution is -2.11. The molecule has 0 radical (unpaired) electrons. The summed E-state index contributed by atoms with van der Waals surface area (Å²) in [5.74, 6) is 0. The second-order valence-electron chi connectivity index (χ2n) is 13.7. The molecule has 0 N–H and O–H groups in total. The molecule has 4 nitrogen and oxygen atoms in total. The van der Waals surface area contributed by atoms with Crippen LogP contribution in [0.4, 0.5) is 52.7 Å². The molecule has 2 aliphatic carbocycles. The maximum absolute atomic E-state index is 13.8. The van der Waals surface area contributed by atoms with Crippen molar-refractivity contribution >= 4 is 17.4 Å². The molecule has 59 heavy (non-hydrogen) atoms. The molecular formula is C43H16F12N4. The Morgan fingerprint density at radius 3 is 1.10 bits per heavy atom. The van der Waals surface area contributed by atoms with Crippen LogP contribution < -0.4 is 0 Å². The highest BCUT2D eigenvalue weighted by Gasteiger charge is 2.40. The lowest BCUT2D eigenvalue weighted by molar-refractivity contribution is -0.144. The maximum atomic E-state index is 13.8. The lowest BCUT2D eigenvalue weighted by atomic mass is 9.91. The number of fused-ring (bicyclic) bond motifs is 6. The van der Waals surface area contributed by atoms with Gasteiger partial charge in [0.2, 0.25) is 0 Å². The van der Waals surface area contributed by atoms with Crippen molar-refractivity contribution in [2.75, 3.05) is 0 Å². The predicted molar refractivity (Wildman–Crippen MR) is 189 cm³/mol. The molecule has 5 aromatic rings. The van der Waals surface area contributed by atoms with Gasteiger partial charge in [-0.25, -0.2) is 0 Å². The van der Waals surface area contributed by atoms with Crippen molar-refractivity contribution in [1.82, 2.24) is 0 Å². The van der Waals surface area contributed by atoms with Gasteiger partial charge in [0.1, 0.15) is 23.8 Å². The highest BCUT2D eigenvalue weighted by atomic mass is 19.4. The summed E-state index contributed by atoms with van der Waals surface area (Å²) in [6.07, 6.45) is -19.1. The van der Waals surface area contributed by atoms with Crippen LogP contribution >= 0.6 is 0 Å². The van der Waals surface area contributed by atoms with Gasteiger partial charge in [-0.15, -0.1) is 0 Å². The van der Waals surface area contributed by atoms with Crippen LogP contribution in [-0.2, 0) is 24.7 Å². The van der Waals surface area contributed by atoms with Gasteiger partial charge in [-0.1, -0.05) is 24.3 Å². The molecule has 16 heteroatoms. The minimum atomic E-state index is -5.14. The van der Waals surface area contributed by atoms with Gasteiger partial charge in [-0.05, 0) is 127 Å². The standard InChI is InChI=1S/C43H16F12N4/c44-40(45,46)24-5-21(6-25(11-24)41(47,48)49)19-1-3-28-30-14-35-31(13-34(30)38(32(28)9-19)23(15-56)16-57)29-4-2-20(10-33(29)39(35)36(17-58)37-18-59-37)22-7-26(42(50,51)52)12-27(8-22)43(53,54)55/h1-14,18,37H/b39-36-. The summed E-state index contributed by atoms with van der Waals surface area (Å²) in [4.78, 5) is 4.09. The number of nitrogens with zero attached hydrogens (tertiary/aromatic N) is 4. The molecule has 0 bridgehead atoms. The van der Waals surface area contributed by atoms with E-state index in [0.717, 1.165) is 0 Å². The van der Waals surface area contributed by atoms with Crippen molar-refractivity contribution in [3.63, 3.8) is 0 Å². The monoisotopic (exact) mass is 816 g/mol. The number of nitriles is 3. The zero-order valence-electron chi connectivity index (χ0n) is 29.1. The third kappa shape index (κ3) is 6.58. The molecule has 1 unspecified atom stereocenters. The molecule has 1 aliphatic heterocycles. The second-order valence-corrected chi connectivity index (χ2v) is 13.7. The van der Waals surface area contributed by atoms with E-state index in [0.29, 0.717) is 52.1 Å². The van der Waals surface area contributed by atoms with Gasteiger partial charge < -0.3 is 0 Å². The molecule has 0 fully saturated rings. The van der Waals surface area contributed by atoms with E-state index in [4.69, 9.17) is 0 Å². The number of rotatable bonds is 3. The van der Waals surface area contributed by atoms with Crippen molar-refractivity contribution in [3.05, 3.63) is 141 Å². The van der Waals surface area contributed by atoms with Gasteiger partial charge in [0.15, 0.2) is 0 Å². The van der Waals surface area contributed by atoms with Crippen molar-refractivity contribution < 1.29 is 52.7 Å². The fourth-order valence-electron chi connectivity index (χ4n) is 7.48. The Balaban J connectivity index is 1.34. The van der Waals surface area contributed by atoms with Gasteiger partial charge in [-0.3, -0.25) is 4.99 Å². The third-order valence-corrected chi connectivity index (χ3v) is 10.2. The van der Waals surface area contributed by atoms with E-state index in [-0.39, 0.29) is 56.7 Å². The zero-order valence-corrected chi connectivity index (χ0v) is 29.1. The molecule has 5 aromatic carbocycles. The number of benzene rings is 5. The summed E-state index contributed by atoms with van der Waals surface area (Å²) in [6, 6.07) is 18.3. The molecular weight excluding hydrogens is 800 g/mol. The Bertz CT molecular complexity index is 2830. The van der Waals surface area contributed by atoms with Crippen LogP contribution in [-0.4, -0.2) is 12.3 Å². The number of allylic oxidation sites excluding steroid dienone is 1. The summed E-state index contributed by atoms with van der Waals surface area (Å²) in [6.45, 7) is 0. The highest BCUT2D eigenvalue weighted by Crippen LogP contribution is 2.55. The molecule has 292 valence electrons. The van der Waals surface area contributed by atoms with Crippen LogP contribution in [0.25, 0.3) is 55.7 Å². The Morgan fingerprint density at radius 2 is 0.763 bits per heavy atom. The first-order chi connectivity index (χ1) is 27.6. The van der Waals surface area contributed by atoms with Crippen molar-refractivity contribution in [2.24, 2.45) is 4.99 Å². The average Bonchev–Trinajstić information content (AvgIpc) is 3.91. The molecule has 0 spiro atoms. The SMILES string of the molecule is N#CC(C#N)=C1c2cc(-c3cc(C(F)(F)F)cc(C(F)(F)F)c3)ccc2-c2cc3c(cc21)-c1ccc(-c2cc(C(F)(F)F)cc(C(F)(F)F)c2)cc1/C3=C(\C#N)C1C=N1. The number of alkyl halides is 12. The van der Waals surface area contributed by atoms with E-state index in [1.165, 1.54) is 42.6 Å². The molecule has 1 heterocycles. The maximum Gasteiger partial charge on any atom is 0.416 e. The molecule has 8 rings (SSSR count). The number of halogens is 12. The molecule has 0 saturated heterocycles. The van der Waals surface area contributed by atoms with Gasteiger partial charge in [0, 0.05) is 17.4 Å². The van der Waals surface area contributed by atoms with E-state index in [2.05, 4.69) is 11.1 Å². The first-order valence-corrected chi connectivity index (χ1v) is 16.9. The van der Waals surface area contributed by atoms with Gasteiger partial charge in [0.05, 0.1) is 33.9 Å². The van der Waals surface area contributed by atoms with Crippen LogP contribution in [0.1, 0.15) is 44.5 Å². The number of hydrogen-bond donors (Lipinski definition) is 0. The van der Waals surface area contributed by atoms with Crippen molar-refractivity contribution in [3.8, 4) is 62.7 Å². The minimum absolute atomic E-state index is 0.000168. The summed E-state index contributed by atoms with van der Waals surface area (Å²) < 4.78 is 165. The minimum Gasteiger partial charge on any atom is -0.280 e. The normalized spacial score (nSPS) is 16.0. The largest absolute Gasteiger partial charge is 0.416 e. The fraction of sp³-hybridized carbons (Fsp3) is 0.116. The third-order valence-electron chi connectivity index (χ3n) is 10.2. The van der Waals surface area contributed by atoms with Crippen LogP contribution in [0.5, 0.6) is 0 Å². The first-order valence-electron chi connectivity index (χ1n) is 16.9. The Hall–Kier alpha value is -7.12. The average molecular weight is 817 g/mol. The van der Waals surface area contributed by atoms with E-state index in [1.807, 2.05) is 0 Å². The van der Waals surface area contributed by atoms with Crippen LogP contribution in [0.2, 0.25) is 0 Å². The van der Waals surface area contributed by atoms with Gasteiger partial charge in [-0.2, -0.15) is 68.5 Å².